The van der Waals surface area contributed by atoms with Gasteiger partial charge in [0.2, 0.25) is 5.91 Å². The highest BCUT2D eigenvalue weighted by Crippen LogP contribution is 2.12. The van der Waals surface area contributed by atoms with Crippen LogP contribution >= 0.6 is 0 Å². The van der Waals surface area contributed by atoms with E-state index in [1.54, 1.807) is 4.90 Å². The molecule has 1 atom stereocenters. The van der Waals surface area contributed by atoms with Crippen molar-refractivity contribution < 1.29 is 13.6 Å². The van der Waals surface area contributed by atoms with Crippen LogP contribution in [0.1, 0.15) is 12.5 Å². The van der Waals surface area contributed by atoms with Gasteiger partial charge in [-0.2, -0.15) is 0 Å². The molecule has 1 aromatic carbocycles. The maximum Gasteiger partial charge on any atom is 0.227 e. The fourth-order valence-corrected chi connectivity index (χ4v) is 2.11. The molecule has 0 saturated carbocycles. The van der Waals surface area contributed by atoms with E-state index in [4.69, 9.17) is 0 Å². The topological polar surface area (TPSA) is 32.3 Å². The lowest BCUT2D eigenvalue weighted by Gasteiger charge is -2.32. The van der Waals surface area contributed by atoms with Crippen LogP contribution in [0, 0.1) is 11.6 Å². The van der Waals surface area contributed by atoms with Crippen LogP contribution in [0.25, 0.3) is 0 Å². The van der Waals surface area contributed by atoms with Gasteiger partial charge in [-0.1, -0.05) is 0 Å². The van der Waals surface area contributed by atoms with Crippen LogP contribution in [0.3, 0.4) is 0 Å². The molecule has 18 heavy (non-hydrogen) atoms. The SMILES string of the molecule is C[C@H]1CN(C(=O)Cc2cc(F)ccc2F)CCN1. The summed E-state index contributed by atoms with van der Waals surface area (Å²) in [4.78, 5) is 13.7. The monoisotopic (exact) mass is 254 g/mol. The van der Waals surface area contributed by atoms with Gasteiger partial charge in [0.15, 0.2) is 0 Å². The molecule has 0 bridgehead atoms. The number of nitrogens with zero attached hydrogens (tertiary/aromatic N) is 1. The van der Waals surface area contributed by atoms with Crippen molar-refractivity contribution in [3.63, 3.8) is 0 Å². The molecule has 98 valence electrons. The highest BCUT2D eigenvalue weighted by Gasteiger charge is 2.21. The molecule has 1 aliphatic rings. The number of carbonyl (C=O) groups is 1. The van der Waals surface area contributed by atoms with Crippen molar-refractivity contribution in [3.8, 4) is 0 Å². The Balaban J connectivity index is 2.04. The van der Waals surface area contributed by atoms with Crippen molar-refractivity contribution >= 4 is 5.91 Å². The van der Waals surface area contributed by atoms with Gasteiger partial charge in [-0.05, 0) is 25.1 Å². The number of halogens is 2. The van der Waals surface area contributed by atoms with Crippen LogP contribution in [0.2, 0.25) is 0 Å². The molecule has 1 amide bonds. The van der Waals surface area contributed by atoms with Crippen molar-refractivity contribution in [1.82, 2.24) is 10.2 Å². The van der Waals surface area contributed by atoms with E-state index in [1.807, 2.05) is 6.92 Å². The molecule has 1 aliphatic heterocycles. The molecule has 5 heteroatoms. The molecule has 1 N–H and O–H groups in total. The molecule has 0 aliphatic carbocycles. The molecule has 2 rings (SSSR count). The highest BCUT2D eigenvalue weighted by molar-refractivity contribution is 5.79. The lowest BCUT2D eigenvalue weighted by molar-refractivity contribution is -0.131. The number of carbonyl (C=O) groups excluding carboxylic acids is 1. The second kappa shape index (κ2) is 5.44. The Bertz CT molecular complexity index is 451. The number of nitrogens with one attached hydrogen (secondary N) is 1. The molecule has 0 unspecified atom stereocenters. The summed E-state index contributed by atoms with van der Waals surface area (Å²) in [6, 6.07) is 3.42. The maximum absolute atomic E-state index is 13.4. The Hall–Kier alpha value is -1.49. The summed E-state index contributed by atoms with van der Waals surface area (Å²) >= 11 is 0. The van der Waals surface area contributed by atoms with Crippen LogP contribution < -0.4 is 5.32 Å². The van der Waals surface area contributed by atoms with Crippen LogP contribution in [-0.2, 0) is 11.2 Å². The normalized spacial score (nSPS) is 19.9. The standard InChI is InChI=1S/C13H16F2N2O/c1-9-8-17(5-4-16-9)13(18)7-10-6-11(14)2-3-12(10)15/h2-3,6,9,16H,4-5,7-8H2,1H3/t9-/m0/s1. The Morgan fingerprint density at radius 1 is 1.50 bits per heavy atom. The zero-order valence-electron chi connectivity index (χ0n) is 10.2. The van der Waals surface area contributed by atoms with Crippen molar-refractivity contribution in [2.45, 2.75) is 19.4 Å². The van der Waals surface area contributed by atoms with E-state index in [2.05, 4.69) is 5.32 Å². The van der Waals surface area contributed by atoms with Crippen LogP contribution in [-0.4, -0.2) is 36.5 Å². The summed E-state index contributed by atoms with van der Waals surface area (Å²) in [5.41, 5.74) is 0.117. The van der Waals surface area contributed by atoms with Crippen molar-refractivity contribution in [1.29, 1.82) is 0 Å². The average molecular weight is 254 g/mol. The zero-order valence-corrected chi connectivity index (χ0v) is 10.2. The molecule has 1 heterocycles. The third-order valence-corrected chi connectivity index (χ3v) is 3.07. The second-order valence-electron chi connectivity index (χ2n) is 4.61. The van der Waals surface area contributed by atoms with Gasteiger partial charge >= 0.3 is 0 Å². The number of hydrogen-bond donors (Lipinski definition) is 1. The molecule has 1 saturated heterocycles. The van der Waals surface area contributed by atoms with E-state index in [0.717, 1.165) is 24.7 Å². The van der Waals surface area contributed by atoms with E-state index in [0.29, 0.717) is 13.1 Å². The van der Waals surface area contributed by atoms with Crippen molar-refractivity contribution in [2.75, 3.05) is 19.6 Å². The maximum atomic E-state index is 13.4. The minimum Gasteiger partial charge on any atom is -0.340 e. The van der Waals surface area contributed by atoms with Gasteiger partial charge in [0.25, 0.3) is 0 Å². The zero-order chi connectivity index (χ0) is 13.1. The van der Waals surface area contributed by atoms with Gasteiger partial charge in [0, 0.05) is 31.2 Å². The minimum atomic E-state index is -0.534. The third kappa shape index (κ3) is 3.04. The molecule has 0 spiro atoms. The lowest BCUT2D eigenvalue weighted by atomic mass is 10.1. The van der Waals surface area contributed by atoms with Crippen molar-refractivity contribution in [3.05, 3.63) is 35.4 Å². The van der Waals surface area contributed by atoms with E-state index in [1.165, 1.54) is 0 Å². The quantitative estimate of drug-likeness (QED) is 0.863. The van der Waals surface area contributed by atoms with Crippen LogP contribution in [0.15, 0.2) is 18.2 Å². The Morgan fingerprint density at radius 2 is 2.28 bits per heavy atom. The molecule has 1 fully saturated rings. The molecule has 3 nitrogen and oxygen atoms in total. The second-order valence-corrected chi connectivity index (χ2v) is 4.61. The smallest absolute Gasteiger partial charge is 0.227 e. The van der Waals surface area contributed by atoms with Gasteiger partial charge < -0.3 is 10.2 Å². The predicted octanol–water partition coefficient (Wildman–Crippen LogP) is 1.33. The molecule has 1 aromatic rings. The first-order valence-electron chi connectivity index (χ1n) is 6.01. The number of amides is 1. The minimum absolute atomic E-state index is 0.0870. The Labute approximate surface area is 105 Å². The van der Waals surface area contributed by atoms with Gasteiger partial charge in [0.05, 0.1) is 6.42 Å². The lowest BCUT2D eigenvalue weighted by Crippen LogP contribution is -2.51. The Morgan fingerprint density at radius 3 is 3.00 bits per heavy atom. The van der Waals surface area contributed by atoms with Crippen LogP contribution in [0.4, 0.5) is 8.78 Å². The molecule has 0 aromatic heterocycles. The first-order chi connectivity index (χ1) is 8.56. The van der Waals surface area contributed by atoms with Crippen LogP contribution in [0.5, 0.6) is 0 Å². The van der Waals surface area contributed by atoms with E-state index >= 15 is 0 Å². The number of benzene rings is 1. The molecule has 0 radical (unpaired) electrons. The Kier molecular flexibility index (Phi) is 3.91. The molecular formula is C13H16F2N2O. The largest absolute Gasteiger partial charge is 0.340 e. The third-order valence-electron chi connectivity index (χ3n) is 3.07. The first kappa shape index (κ1) is 13.0. The van der Waals surface area contributed by atoms with Gasteiger partial charge in [-0.25, -0.2) is 8.78 Å². The van der Waals surface area contributed by atoms with Gasteiger partial charge in [-0.15, -0.1) is 0 Å². The fraction of sp³-hybridized carbons (Fsp3) is 0.462. The number of piperazine rings is 1. The summed E-state index contributed by atoms with van der Waals surface area (Å²) in [5.74, 6) is -1.21. The first-order valence-corrected chi connectivity index (χ1v) is 6.01. The van der Waals surface area contributed by atoms with Gasteiger partial charge in [0.1, 0.15) is 11.6 Å². The van der Waals surface area contributed by atoms with E-state index in [-0.39, 0.29) is 23.9 Å². The fourth-order valence-electron chi connectivity index (χ4n) is 2.11. The highest BCUT2D eigenvalue weighted by atomic mass is 19.1. The summed E-state index contributed by atoms with van der Waals surface area (Å²) in [5, 5.41) is 3.22. The summed E-state index contributed by atoms with van der Waals surface area (Å²) in [6.45, 7) is 3.94. The average Bonchev–Trinajstić information content (AvgIpc) is 2.34. The summed E-state index contributed by atoms with van der Waals surface area (Å²) < 4.78 is 26.4. The summed E-state index contributed by atoms with van der Waals surface area (Å²) in [7, 11) is 0. The van der Waals surface area contributed by atoms with E-state index < -0.39 is 11.6 Å². The number of hydrogen-bond acceptors (Lipinski definition) is 2. The predicted molar refractivity (Wildman–Crippen MR) is 64.1 cm³/mol. The van der Waals surface area contributed by atoms with Gasteiger partial charge in [-0.3, -0.25) is 4.79 Å². The summed E-state index contributed by atoms with van der Waals surface area (Å²) in [6.07, 6.45) is -0.0870. The molecular weight excluding hydrogens is 238 g/mol. The number of rotatable bonds is 2. The van der Waals surface area contributed by atoms with Crippen molar-refractivity contribution in [2.24, 2.45) is 0 Å². The van der Waals surface area contributed by atoms with E-state index in [9.17, 15) is 13.6 Å².